The predicted molar refractivity (Wildman–Crippen MR) is 84.0 cm³/mol. The number of benzene rings is 1. The molecule has 0 radical (unpaired) electrons. The Morgan fingerprint density at radius 2 is 1.89 bits per heavy atom. The van der Waals surface area contributed by atoms with E-state index in [1.54, 1.807) is 0 Å². The Labute approximate surface area is 129 Å². The molecular weight excluding hydrogens is 351 g/mol. The maximum absolute atomic E-state index is 6.43. The van der Waals surface area contributed by atoms with E-state index in [1.807, 2.05) is 0 Å². The minimum Gasteiger partial charge on any atom is -0.344 e. The van der Waals surface area contributed by atoms with Crippen LogP contribution in [-0.2, 0) is 9.47 Å². The predicted octanol–water partition coefficient (Wildman–Crippen LogP) is 4.82. The van der Waals surface area contributed by atoms with E-state index in [4.69, 9.17) is 9.47 Å². The van der Waals surface area contributed by atoms with E-state index in [-0.39, 0.29) is 18.0 Å². The van der Waals surface area contributed by atoms with E-state index in [2.05, 4.69) is 53.8 Å². The highest BCUT2D eigenvalue weighted by Gasteiger charge is 2.48. The molecule has 19 heavy (non-hydrogen) atoms. The van der Waals surface area contributed by atoms with E-state index in [1.165, 1.54) is 28.4 Å². The molecule has 0 unspecified atom stereocenters. The second-order valence-electron chi connectivity index (χ2n) is 5.60. The first-order valence-electron chi connectivity index (χ1n) is 7.34. The lowest BCUT2D eigenvalue weighted by atomic mass is 9.94. The normalized spacial score (nSPS) is 29.8. The van der Waals surface area contributed by atoms with Crippen LogP contribution in [0.3, 0.4) is 0 Å². The number of ether oxygens (including phenoxy) is 2. The fraction of sp³-hybridized carbons (Fsp3) is 0.625. The largest absolute Gasteiger partial charge is 0.344 e. The Hall–Kier alpha value is -0.130. The Balaban J connectivity index is 1.87. The van der Waals surface area contributed by atoms with Crippen LogP contribution >= 0.6 is 22.6 Å². The van der Waals surface area contributed by atoms with E-state index < -0.39 is 0 Å². The van der Waals surface area contributed by atoms with Crippen LogP contribution in [-0.4, -0.2) is 11.9 Å². The van der Waals surface area contributed by atoms with Crippen molar-refractivity contribution in [1.29, 1.82) is 0 Å². The minimum atomic E-state index is -0.289. The van der Waals surface area contributed by atoms with Crippen molar-refractivity contribution in [1.82, 2.24) is 0 Å². The van der Waals surface area contributed by atoms with E-state index in [0.29, 0.717) is 0 Å². The third kappa shape index (κ3) is 2.69. The molecule has 0 N–H and O–H groups in total. The monoisotopic (exact) mass is 372 g/mol. The standard InChI is InChI=1S/C16H21IO2/c1-2-14-15(12-8-4-5-9-13(12)17)19-16(18-14)10-6-3-7-11-16/h4-5,8-9,14-15H,2-3,6-7,10-11H2,1H3/t14-,15-/m1/s1. The van der Waals surface area contributed by atoms with E-state index >= 15 is 0 Å². The average Bonchev–Trinajstić information content (AvgIpc) is 2.78. The molecule has 1 aromatic rings. The van der Waals surface area contributed by atoms with Gasteiger partial charge in [-0.1, -0.05) is 31.5 Å². The minimum absolute atomic E-state index is 0.108. The Bertz CT molecular complexity index is 440. The van der Waals surface area contributed by atoms with Crippen molar-refractivity contribution < 1.29 is 9.47 Å². The van der Waals surface area contributed by atoms with Gasteiger partial charge in [-0.15, -0.1) is 0 Å². The van der Waals surface area contributed by atoms with Crippen molar-refractivity contribution >= 4 is 22.6 Å². The van der Waals surface area contributed by atoms with Gasteiger partial charge in [0.1, 0.15) is 6.10 Å². The number of hydrogen-bond donors (Lipinski definition) is 0. The van der Waals surface area contributed by atoms with Crippen LogP contribution in [0.15, 0.2) is 24.3 Å². The van der Waals surface area contributed by atoms with Gasteiger partial charge >= 0.3 is 0 Å². The molecule has 1 aliphatic carbocycles. The lowest BCUT2D eigenvalue weighted by molar-refractivity contribution is -0.194. The van der Waals surface area contributed by atoms with Crippen LogP contribution in [0.5, 0.6) is 0 Å². The second-order valence-corrected chi connectivity index (χ2v) is 6.76. The van der Waals surface area contributed by atoms with Crippen molar-refractivity contribution in [3.8, 4) is 0 Å². The summed E-state index contributed by atoms with van der Waals surface area (Å²) in [4.78, 5) is 0. The van der Waals surface area contributed by atoms with Crippen molar-refractivity contribution in [2.75, 3.05) is 0 Å². The summed E-state index contributed by atoms with van der Waals surface area (Å²) in [7, 11) is 0. The first kappa shape index (κ1) is 13.8. The van der Waals surface area contributed by atoms with Crippen molar-refractivity contribution in [2.24, 2.45) is 0 Å². The molecule has 1 heterocycles. The van der Waals surface area contributed by atoms with Crippen molar-refractivity contribution in [3.05, 3.63) is 33.4 Å². The molecule has 2 fully saturated rings. The Kier molecular flexibility index (Phi) is 4.15. The summed E-state index contributed by atoms with van der Waals surface area (Å²) in [6.07, 6.45) is 7.22. The van der Waals surface area contributed by atoms with Gasteiger partial charge in [0, 0.05) is 16.4 Å². The molecule has 0 amide bonds. The van der Waals surface area contributed by atoms with Gasteiger partial charge in [0.25, 0.3) is 0 Å². The van der Waals surface area contributed by atoms with Gasteiger partial charge < -0.3 is 9.47 Å². The molecule has 1 saturated heterocycles. The topological polar surface area (TPSA) is 18.5 Å². The number of hydrogen-bond acceptors (Lipinski definition) is 2. The van der Waals surface area contributed by atoms with Gasteiger partial charge in [-0.25, -0.2) is 0 Å². The van der Waals surface area contributed by atoms with Crippen LogP contribution in [0, 0.1) is 3.57 Å². The van der Waals surface area contributed by atoms with E-state index in [0.717, 1.165) is 19.3 Å². The van der Waals surface area contributed by atoms with Crippen LogP contribution in [0.1, 0.15) is 57.1 Å². The van der Waals surface area contributed by atoms with Gasteiger partial charge in [-0.05, 0) is 53.5 Å². The molecule has 1 aromatic carbocycles. The number of halogens is 1. The summed E-state index contributed by atoms with van der Waals surface area (Å²) in [5.41, 5.74) is 1.29. The lowest BCUT2D eigenvalue weighted by Gasteiger charge is -2.32. The molecule has 0 aromatic heterocycles. The molecule has 0 bridgehead atoms. The molecule has 1 saturated carbocycles. The van der Waals surface area contributed by atoms with Crippen molar-refractivity contribution in [2.45, 2.75) is 63.4 Å². The van der Waals surface area contributed by atoms with Gasteiger partial charge in [0.05, 0.1) is 6.10 Å². The molecule has 3 rings (SSSR count). The zero-order valence-corrected chi connectivity index (χ0v) is 13.6. The van der Waals surface area contributed by atoms with Crippen LogP contribution in [0.4, 0.5) is 0 Å². The Morgan fingerprint density at radius 1 is 1.16 bits per heavy atom. The SMILES string of the molecule is CC[C@H]1OC2(CCCCC2)O[C@@H]1c1ccccc1I. The first-order chi connectivity index (χ1) is 9.24. The molecule has 1 spiro atoms. The summed E-state index contributed by atoms with van der Waals surface area (Å²) in [5, 5.41) is 0. The van der Waals surface area contributed by atoms with Crippen LogP contribution in [0.2, 0.25) is 0 Å². The highest BCUT2D eigenvalue weighted by atomic mass is 127. The highest BCUT2D eigenvalue weighted by molar-refractivity contribution is 14.1. The lowest BCUT2D eigenvalue weighted by Crippen LogP contribution is -2.33. The number of rotatable bonds is 2. The maximum Gasteiger partial charge on any atom is 0.169 e. The summed E-state index contributed by atoms with van der Waals surface area (Å²) in [6, 6.07) is 8.51. The van der Waals surface area contributed by atoms with Crippen LogP contribution in [0.25, 0.3) is 0 Å². The van der Waals surface area contributed by atoms with Crippen molar-refractivity contribution in [3.63, 3.8) is 0 Å². The second kappa shape index (κ2) is 5.70. The van der Waals surface area contributed by atoms with Gasteiger partial charge in [-0.3, -0.25) is 0 Å². The van der Waals surface area contributed by atoms with Gasteiger partial charge in [-0.2, -0.15) is 0 Å². The third-order valence-electron chi connectivity index (χ3n) is 4.28. The van der Waals surface area contributed by atoms with Gasteiger partial charge in [0.15, 0.2) is 5.79 Å². The molecular formula is C16H21IO2. The zero-order chi connectivity index (χ0) is 13.3. The van der Waals surface area contributed by atoms with E-state index in [9.17, 15) is 0 Å². The smallest absolute Gasteiger partial charge is 0.169 e. The summed E-state index contributed by atoms with van der Waals surface area (Å²) in [5.74, 6) is -0.289. The highest BCUT2D eigenvalue weighted by Crippen LogP contribution is 2.47. The molecule has 3 heteroatoms. The fourth-order valence-corrected chi connectivity index (χ4v) is 3.96. The Morgan fingerprint density at radius 3 is 2.58 bits per heavy atom. The molecule has 2 aliphatic rings. The van der Waals surface area contributed by atoms with Gasteiger partial charge in [0.2, 0.25) is 0 Å². The maximum atomic E-state index is 6.43. The molecule has 1 aliphatic heterocycles. The summed E-state index contributed by atoms with van der Waals surface area (Å²) < 4.78 is 14.0. The summed E-state index contributed by atoms with van der Waals surface area (Å²) in [6.45, 7) is 2.19. The van der Waals surface area contributed by atoms with Crippen LogP contribution < -0.4 is 0 Å². The molecule has 104 valence electrons. The first-order valence-corrected chi connectivity index (χ1v) is 8.42. The average molecular weight is 372 g/mol. The molecule has 2 nitrogen and oxygen atoms in total. The zero-order valence-electron chi connectivity index (χ0n) is 11.4. The summed E-state index contributed by atoms with van der Waals surface area (Å²) >= 11 is 2.40. The quantitative estimate of drug-likeness (QED) is 0.694. The fourth-order valence-electron chi connectivity index (χ4n) is 3.27. The third-order valence-corrected chi connectivity index (χ3v) is 5.26. The molecule has 2 atom stereocenters.